The number of unbranched alkanes of at least 4 members (excludes halogenated alkanes) is 6. The molecule has 0 aromatic heterocycles. The van der Waals surface area contributed by atoms with E-state index in [-0.39, 0.29) is 60.8 Å². The molecule has 0 atom stereocenters. The van der Waals surface area contributed by atoms with Crippen molar-refractivity contribution in [1.29, 1.82) is 0 Å². The first kappa shape index (κ1) is 46.1. The number of carbonyl (C=O) groups is 1. The van der Waals surface area contributed by atoms with Crippen LogP contribution in [-0.2, 0) is 24.9 Å². The molecule has 1 nitrogen and oxygen atoms in total. The first-order valence-electron chi connectivity index (χ1n) is 12.7. The van der Waals surface area contributed by atoms with E-state index >= 15 is 0 Å². The number of rotatable bonds is 18. The van der Waals surface area contributed by atoms with E-state index in [0.29, 0.717) is 0 Å². The van der Waals surface area contributed by atoms with Crippen LogP contribution in [0.15, 0.2) is 0 Å². The van der Waals surface area contributed by atoms with E-state index < -0.39 is 0 Å². The van der Waals surface area contributed by atoms with E-state index in [1.165, 1.54) is 77.0 Å². The molecule has 0 bridgehead atoms. The van der Waals surface area contributed by atoms with Crippen LogP contribution in [0.4, 0.5) is 0 Å². The third-order valence-electron chi connectivity index (χ3n) is 5.30. The maximum Gasteiger partial charge on any atom is 0.106 e. The smallest absolute Gasteiger partial charge is 0.106 e. The van der Waals surface area contributed by atoms with Gasteiger partial charge in [-0.2, -0.15) is 0 Å². The van der Waals surface area contributed by atoms with Crippen molar-refractivity contribution >= 4 is 22.6 Å². The summed E-state index contributed by atoms with van der Waals surface area (Å²) in [5, 5.41) is 0. The largest absolute Gasteiger partial charge is 1.00 e. The third-order valence-corrected chi connectivity index (χ3v) is 11.7. The SMILES string of the molecule is C=O.CCCC[PH+](CCCC)CCCC.CCCC[PH+](CCCC)CCCC.[Cl-].[Cl-].[Ir]. The van der Waals surface area contributed by atoms with Crippen LogP contribution in [-0.4, -0.2) is 43.8 Å². The van der Waals surface area contributed by atoms with Gasteiger partial charge in [0.25, 0.3) is 0 Å². The Hall–Kier alpha value is 1.76. The van der Waals surface area contributed by atoms with Crippen molar-refractivity contribution in [3.8, 4) is 0 Å². The van der Waals surface area contributed by atoms with Crippen LogP contribution in [0.5, 0.6) is 0 Å². The second kappa shape index (κ2) is 45.3. The Morgan fingerprint density at radius 1 is 0.419 bits per heavy atom. The van der Waals surface area contributed by atoms with Crippen LogP contribution >= 0.6 is 15.8 Å². The number of hydrogen-bond donors (Lipinski definition) is 0. The third kappa shape index (κ3) is 42.4. The molecule has 31 heavy (non-hydrogen) atoms. The molecule has 0 spiro atoms. The van der Waals surface area contributed by atoms with Gasteiger partial charge in [-0.15, -0.1) is 0 Å². The van der Waals surface area contributed by atoms with Crippen molar-refractivity contribution in [1.82, 2.24) is 0 Å². The fourth-order valence-electron chi connectivity index (χ4n) is 3.31. The van der Waals surface area contributed by atoms with Gasteiger partial charge >= 0.3 is 0 Å². The molecule has 197 valence electrons. The molecule has 0 aromatic rings. The summed E-state index contributed by atoms with van der Waals surface area (Å²) in [6.07, 6.45) is 26.8. The second-order valence-electron chi connectivity index (χ2n) is 8.12. The Morgan fingerprint density at radius 2 is 0.548 bits per heavy atom. The standard InChI is InChI=1S/2C12H27P.CH2O.2ClH.Ir/c2*1-4-7-10-13(11-8-5-2)12-9-6-3;1-2;;;/h2*4-12H2,1-3H3;1H2;2*1H;. The van der Waals surface area contributed by atoms with Gasteiger partial charge < -0.3 is 29.6 Å². The summed E-state index contributed by atoms with van der Waals surface area (Å²) in [5.74, 6) is 0. The fraction of sp³-hybridized carbons (Fsp3) is 0.960. The van der Waals surface area contributed by atoms with Crippen LogP contribution in [0.2, 0.25) is 0 Å². The molecule has 1 radical (unpaired) electrons. The van der Waals surface area contributed by atoms with Crippen molar-refractivity contribution in [2.45, 2.75) is 119 Å². The van der Waals surface area contributed by atoms with Gasteiger partial charge in [-0.1, -0.05) is 80.1 Å². The van der Waals surface area contributed by atoms with E-state index in [1.807, 2.05) is 6.79 Å². The summed E-state index contributed by atoms with van der Waals surface area (Å²) in [7, 11) is 0.135. The van der Waals surface area contributed by atoms with Crippen molar-refractivity contribution in [3.63, 3.8) is 0 Å². The fourth-order valence-corrected chi connectivity index (χ4v) is 9.93. The minimum atomic E-state index is 0. The molecule has 0 heterocycles. The van der Waals surface area contributed by atoms with Crippen LogP contribution in [0.25, 0.3) is 0 Å². The predicted molar refractivity (Wildman–Crippen MR) is 142 cm³/mol. The number of hydrogen-bond acceptors (Lipinski definition) is 1. The van der Waals surface area contributed by atoms with E-state index in [4.69, 9.17) is 4.79 Å². The topological polar surface area (TPSA) is 17.1 Å². The quantitative estimate of drug-likeness (QED) is 0.201. The van der Waals surface area contributed by atoms with E-state index in [0.717, 1.165) is 0 Å². The monoisotopic (exact) mass is 699 g/mol. The van der Waals surface area contributed by atoms with Crippen LogP contribution in [0, 0.1) is 0 Å². The molecular formula is C25H58Cl2IrOP2. The Labute approximate surface area is 226 Å². The van der Waals surface area contributed by atoms with Crippen LogP contribution in [0.1, 0.15) is 119 Å². The van der Waals surface area contributed by atoms with Gasteiger partial charge in [0.2, 0.25) is 0 Å². The van der Waals surface area contributed by atoms with E-state index in [1.54, 1.807) is 37.0 Å². The van der Waals surface area contributed by atoms with Gasteiger partial charge in [0, 0.05) is 35.9 Å². The molecule has 0 rings (SSSR count). The maximum atomic E-state index is 8.00. The Morgan fingerprint density at radius 3 is 0.645 bits per heavy atom. The summed E-state index contributed by atoms with van der Waals surface area (Å²) in [6.45, 7) is 15.9. The summed E-state index contributed by atoms with van der Waals surface area (Å²) >= 11 is 0. The molecule has 0 N–H and O–H groups in total. The van der Waals surface area contributed by atoms with Gasteiger partial charge in [0.1, 0.15) is 6.79 Å². The van der Waals surface area contributed by atoms with Gasteiger partial charge in [0.15, 0.2) is 0 Å². The summed E-state index contributed by atoms with van der Waals surface area (Å²) in [6, 6.07) is 0. The second-order valence-corrected chi connectivity index (χ2v) is 14.1. The first-order valence-corrected chi connectivity index (χ1v) is 16.9. The molecule has 0 aromatic carbocycles. The van der Waals surface area contributed by atoms with Gasteiger partial charge in [-0.3, -0.25) is 0 Å². The molecule has 0 saturated carbocycles. The van der Waals surface area contributed by atoms with Crippen molar-refractivity contribution in [3.05, 3.63) is 0 Å². The molecule has 0 aliphatic heterocycles. The zero-order chi connectivity index (χ0) is 21.9. The minimum absolute atomic E-state index is 0. The number of halogens is 2. The predicted octanol–water partition coefficient (Wildman–Crippen LogP) is 3.02. The Bertz CT molecular complexity index is 204. The normalized spacial score (nSPS) is 9.42. The molecule has 0 aliphatic carbocycles. The molecule has 0 amide bonds. The van der Waals surface area contributed by atoms with E-state index in [2.05, 4.69) is 41.5 Å². The minimum Gasteiger partial charge on any atom is -1.00 e. The van der Waals surface area contributed by atoms with Gasteiger partial charge in [-0.25, -0.2) is 0 Å². The average Bonchev–Trinajstić information content (AvgIpc) is 2.74. The Kier molecular flexibility index (Phi) is 67.4. The molecule has 6 heteroatoms. The Balaban J connectivity index is -0.0000000855. The zero-order valence-corrected chi connectivity index (χ0v) is 27.8. The summed E-state index contributed by atoms with van der Waals surface area (Å²) in [5.41, 5.74) is 0. The molecule has 0 fully saturated rings. The number of carbonyl (C=O) groups excluding carboxylic acids is 1. The van der Waals surface area contributed by atoms with Crippen molar-refractivity contribution in [2.75, 3.05) is 37.0 Å². The molecule has 0 saturated heterocycles. The van der Waals surface area contributed by atoms with Gasteiger partial charge in [-0.05, 0) is 38.5 Å². The van der Waals surface area contributed by atoms with Crippen molar-refractivity contribution < 1.29 is 49.7 Å². The van der Waals surface area contributed by atoms with E-state index in [9.17, 15) is 0 Å². The molecule has 0 aliphatic rings. The van der Waals surface area contributed by atoms with Crippen molar-refractivity contribution in [2.24, 2.45) is 0 Å². The molecule has 0 unspecified atom stereocenters. The summed E-state index contributed by atoms with van der Waals surface area (Å²) in [4.78, 5) is 8.00. The van der Waals surface area contributed by atoms with Crippen LogP contribution in [0.3, 0.4) is 0 Å². The zero-order valence-electron chi connectivity index (χ0n) is 21.9. The first-order chi connectivity index (χ1) is 13.7. The average molecular weight is 700 g/mol. The van der Waals surface area contributed by atoms with Crippen LogP contribution < -0.4 is 24.8 Å². The maximum absolute atomic E-state index is 8.00. The summed E-state index contributed by atoms with van der Waals surface area (Å²) < 4.78 is 0. The van der Waals surface area contributed by atoms with Gasteiger partial charge in [0.05, 0.1) is 37.0 Å². The molecular weight excluding hydrogens is 641 g/mol.